The van der Waals surface area contributed by atoms with Gasteiger partial charge in [0.15, 0.2) is 0 Å². The summed E-state index contributed by atoms with van der Waals surface area (Å²) in [6, 6.07) is 6.75. The number of fused-ring (bicyclic) bond motifs is 2. The van der Waals surface area contributed by atoms with Gasteiger partial charge in [0.05, 0.1) is 5.52 Å². The smallest absolute Gasteiger partial charge is 0.0709 e. The van der Waals surface area contributed by atoms with E-state index in [-0.39, 0.29) is 0 Å². The van der Waals surface area contributed by atoms with Crippen molar-refractivity contribution in [2.24, 2.45) is 0 Å². The van der Waals surface area contributed by atoms with Crippen LogP contribution in [0.25, 0.3) is 10.9 Å². The lowest BCUT2D eigenvalue weighted by Crippen LogP contribution is -2.29. The quantitative estimate of drug-likeness (QED) is 0.935. The highest BCUT2D eigenvalue weighted by Gasteiger charge is 2.20. The van der Waals surface area contributed by atoms with Crippen LogP contribution in [0.2, 0.25) is 0 Å². The van der Waals surface area contributed by atoms with E-state index in [2.05, 4.69) is 49.3 Å². The molecule has 1 aromatic carbocycles. The number of rotatable bonds is 4. The Morgan fingerprint density at radius 3 is 2.90 bits per heavy atom. The average molecular weight is 283 g/mol. The molecule has 0 saturated carbocycles. The molecule has 112 valence electrons. The van der Waals surface area contributed by atoms with Gasteiger partial charge < -0.3 is 10.2 Å². The first kappa shape index (κ1) is 14.5. The van der Waals surface area contributed by atoms with Crippen LogP contribution >= 0.6 is 0 Å². The molecule has 0 fully saturated rings. The number of likely N-dealkylation sites (N-methyl/N-ethyl adjacent to an activating group) is 1. The molecule has 1 aromatic heterocycles. The number of hydrogen-bond acceptors (Lipinski definition) is 3. The van der Waals surface area contributed by atoms with Crippen molar-refractivity contribution in [2.45, 2.75) is 39.8 Å². The van der Waals surface area contributed by atoms with Gasteiger partial charge in [-0.3, -0.25) is 4.98 Å². The van der Waals surface area contributed by atoms with Crippen LogP contribution in [0.3, 0.4) is 0 Å². The molecule has 0 bridgehead atoms. The molecule has 0 aliphatic carbocycles. The Morgan fingerprint density at radius 1 is 1.29 bits per heavy atom. The van der Waals surface area contributed by atoms with Crippen molar-refractivity contribution in [2.75, 3.05) is 20.1 Å². The maximum Gasteiger partial charge on any atom is 0.0709 e. The number of nitrogens with zero attached hydrogens (tertiary/aromatic N) is 2. The van der Waals surface area contributed by atoms with Crippen molar-refractivity contribution < 1.29 is 0 Å². The normalized spacial score (nSPS) is 15.4. The van der Waals surface area contributed by atoms with Gasteiger partial charge in [-0.15, -0.1) is 0 Å². The lowest BCUT2D eigenvalue weighted by atomic mass is 9.94. The van der Waals surface area contributed by atoms with E-state index in [1.54, 1.807) is 0 Å². The Labute approximate surface area is 127 Å². The van der Waals surface area contributed by atoms with Crippen molar-refractivity contribution in [3.63, 3.8) is 0 Å². The number of aryl methyl sites for hydroxylation is 1. The van der Waals surface area contributed by atoms with E-state index < -0.39 is 0 Å². The monoisotopic (exact) mass is 283 g/mol. The van der Waals surface area contributed by atoms with E-state index in [4.69, 9.17) is 4.98 Å². The molecule has 3 rings (SSSR count). The molecular weight excluding hydrogens is 258 g/mol. The second-order valence-corrected chi connectivity index (χ2v) is 5.99. The van der Waals surface area contributed by atoms with Crippen LogP contribution in [0.5, 0.6) is 0 Å². The topological polar surface area (TPSA) is 28.2 Å². The molecule has 3 heteroatoms. The minimum atomic E-state index is 0.943. The summed E-state index contributed by atoms with van der Waals surface area (Å²) in [6.07, 6.45) is 2.14. The summed E-state index contributed by atoms with van der Waals surface area (Å²) >= 11 is 0. The number of pyridine rings is 1. The van der Waals surface area contributed by atoms with Crippen LogP contribution < -0.4 is 5.32 Å². The molecule has 21 heavy (non-hydrogen) atoms. The molecule has 2 heterocycles. The van der Waals surface area contributed by atoms with Crippen molar-refractivity contribution in [3.05, 3.63) is 40.6 Å². The van der Waals surface area contributed by atoms with Crippen LogP contribution in [0.15, 0.2) is 18.2 Å². The van der Waals surface area contributed by atoms with Gasteiger partial charge in [-0.25, -0.2) is 0 Å². The third-order valence-corrected chi connectivity index (χ3v) is 4.47. The van der Waals surface area contributed by atoms with E-state index in [0.29, 0.717) is 0 Å². The van der Waals surface area contributed by atoms with Crippen molar-refractivity contribution in [3.8, 4) is 0 Å². The molecule has 0 spiro atoms. The molecule has 0 radical (unpaired) electrons. The van der Waals surface area contributed by atoms with E-state index in [0.717, 1.165) is 44.5 Å². The molecule has 0 unspecified atom stereocenters. The van der Waals surface area contributed by atoms with Crippen LogP contribution in [-0.2, 0) is 25.9 Å². The number of hydrogen-bond donors (Lipinski definition) is 1. The SMILES string of the molecule is CCNCc1c2c(nc3ccc(CC)cc13)CCN(C)C2. The summed E-state index contributed by atoms with van der Waals surface area (Å²) in [6.45, 7) is 8.46. The fourth-order valence-corrected chi connectivity index (χ4v) is 3.18. The highest BCUT2D eigenvalue weighted by Crippen LogP contribution is 2.28. The molecule has 0 amide bonds. The van der Waals surface area contributed by atoms with Crippen LogP contribution in [0, 0.1) is 0 Å². The molecular formula is C18H25N3. The zero-order valence-corrected chi connectivity index (χ0v) is 13.4. The Kier molecular flexibility index (Phi) is 4.22. The Hall–Kier alpha value is -1.45. The predicted octanol–water partition coefficient (Wildman–Crippen LogP) is 2.89. The molecule has 2 aromatic rings. The fraction of sp³-hybridized carbons (Fsp3) is 0.500. The lowest BCUT2D eigenvalue weighted by molar-refractivity contribution is 0.309. The molecule has 0 atom stereocenters. The molecule has 3 nitrogen and oxygen atoms in total. The van der Waals surface area contributed by atoms with Gasteiger partial charge >= 0.3 is 0 Å². The average Bonchev–Trinajstić information content (AvgIpc) is 2.51. The molecule has 0 saturated heterocycles. The highest BCUT2D eigenvalue weighted by atomic mass is 15.1. The standard InChI is InChI=1S/C18H25N3/c1-4-13-6-7-17-14(10-13)15(11-19-5-2)16-12-21(3)9-8-18(16)20-17/h6-7,10,19H,4-5,8-9,11-12H2,1-3H3. The van der Waals surface area contributed by atoms with Gasteiger partial charge in [0.25, 0.3) is 0 Å². The minimum Gasteiger partial charge on any atom is -0.313 e. The Morgan fingerprint density at radius 2 is 2.14 bits per heavy atom. The Balaban J connectivity index is 2.19. The largest absolute Gasteiger partial charge is 0.313 e. The molecule has 1 N–H and O–H groups in total. The summed E-state index contributed by atoms with van der Waals surface area (Å²) in [5, 5.41) is 4.85. The van der Waals surface area contributed by atoms with Crippen LogP contribution in [0.1, 0.15) is 36.2 Å². The number of aromatic nitrogens is 1. The zero-order valence-electron chi connectivity index (χ0n) is 13.4. The maximum atomic E-state index is 4.94. The second kappa shape index (κ2) is 6.12. The highest BCUT2D eigenvalue weighted by molar-refractivity contribution is 5.84. The van der Waals surface area contributed by atoms with Gasteiger partial charge in [0.1, 0.15) is 0 Å². The van der Waals surface area contributed by atoms with Gasteiger partial charge in [-0.2, -0.15) is 0 Å². The van der Waals surface area contributed by atoms with Crippen LogP contribution in [-0.4, -0.2) is 30.0 Å². The zero-order chi connectivity index (χ0) is 14.8. The van der Waals surface area contributed by atoms with Crippen molar-refractivity contribution >= 4 is 10.9 Å². The number of benzene rings is 1. The summed E-state index contributed by atoms with van der Waals surface area (Å²) in [4.78, 5) is 7.34. The van der Waals surface area contributed by atoms with E-state index in [1.807, 2.05) is 0 Å². The van der Waals surface area contributed by atoms with Gasteiger partial charge in [-0.05, 0) is 48.8 Å². The summed E-state index contributed by atoms with van der Waals surface area (Å²) in [5.74, 6) is 0. The summed E-state index contributed by atoms with van der Waals surface area (Å²) < 4.78 is 0. The van der Waals surface area contributed by atoms with E-state index >= 15 is 0 Å². The summed E-state index contributed by atoms with van der Waals surface area (Å²) in [5.41, 5.74) is 6.76. The third kappa shape index (κ3) is 2.81. The molecule has 1 aliphatic rings. The van der Waals surface area contributed by atoms with E-state index in [1.165, 1.54) is 27.8 Å². The maximum absolute atomic E-state index is 4.94. The predicted molar refractivity (Wildman–Crippen MR) is 88.5 cm³/mol. The van der Waals surface area contributed by atoms with Crippen LogP contribution in [0.4, 0.5) is 0 Å². The summed E-state index contributed by atoms with van der Waals surface area (Å²) in [7, 11) is 2.20. The van der Waals surface area contributed by atoms with Crippen molar-refractivity contribution in [1.82, 2.24) is 15.2 Å². The first-order valence-corrected chi connectivity index (χ1v) is 8.05. The first-order chi connectivity index (χ1) is 10.2. The fourth-order valence-electron chi connectivity index (χ4n) is 3.18. The lowest BCUT2D eigenvalue weighted by Gasteiger charge is -2.27. The Bertz CT molecular complexity index is 648. The number of nitrogens with one attached hydrogen (secondary N) is 1. The third-order valence-electron chi connectivity index (χ3n) is 4.47. The van der Waals surface area contributed by atoms with Gasteiger partial charge in [-0.1, -0.05) is 19.9 Å². The minimum absolute atomic E-state index is 0.943. The molecule has 1 aliphatic heterocycles. The van der Waals surface area contributed by atoms with Gasteiger partial charge in [0.2, 0.25) is 0 Å². The van der Waals surface area contributed by atoms with E-state index in [9.17, 15) is 0 Å². The second-order valence-electron chi connectivity index (χ2n) is 5.99. The van der Waals surface area contributed by atoms with Gasteiger partial charge in [0, 0.05) is 37.1 Å². The van der Waals surface area contributed by atoms with Crippen molar-refractivity contribution in [1.29, 1.82) is 0 Å². The first-order valence-electron chi connectivity index (χ1n) is 8.05.